The molecule has 55 heavy (non-hydrogen) atoms. The lowest BCUT2D eigenvalue weighted by molar-refractivity contribution is -0.186. The fourth-order valence-corrected chi connectivity index (χ4v) is 8.12. The second-order valence-electron chi connectivity index (χ2n) is 14.9. The van der Waals surface area contributed by atoms with Gasteiger partial charge in [0.2, 0.25) is 12.2 Å². The Morgan fingerprint density at radius 2 is 1.67 bits per heavy atom. The van der Waals surface area contributed by atoms with Crippen LogP contribution in [0.3, 0.4) is 0 Å². The number of halogens is 1. The van der Waals surface area contributed by atoms with E-state index in [0.717, 1.165) is 43.2 Å². The molecule has 2 aliphatic rings. The summed E-state index contributed by atoms with van der Waals surface area (Å²) >= 11 is 0. The van der Waals surface area contributed by atoms with E-state index in [0.29, 0.717) is 54.5 Å². The van der Waals surface area contributed by atoms with Crippen LogP contribution in [0.5, 0.6) is 0 Å². The van der Waals surface area contributed by atoms with Crippen molar-refractivity contribution in [2.75, 3.05) is 0 Å². The van der Waals surface area contributed by atoms with E-state index >= 15 is 0 Å². The quantitative estimate of drug-likeness (QED) is 0.136. The predicted octanol–water partition coefficient (Wildman–Crippen LogP) is 7.15. The maximum absolute atomic E-state index is 14.6. The summed E-state index contributed by atoms with van der Waals surface area (Å²) < 4.78 is 31.1. The summed E-state index contributed by atoms with van der Waals surface area (Å²) in [5, 5.41) is 9.26. The Labute approximate surface area is 321 Å². The third kappa shape index (κ3) is 9.60. The molecule has 1 aliphatic carbocycles. The van der Waals surface area contributed by atoms with Gasteiger partial charge in [-0.05, 0) is 119 Å². The molecule has 5 rings (SSSR count). The number of aromatic nitrogens is 2. The Balaban J connectivity index is 1.35. The molecule has 2 aromatic carbocycles. The van der Waals surface area contributed by atoms with Crippen LogP contribution in [0.25, 0.3) is 0 Å². The highest BCUT2D eigenvalue weighted by Gasteiger charge is 2.54. The molecule has 2 N–H and O–H groups in total. The van der Waals surface area contributed by atoms with Crippen molar-refractivity contribution in [3.05, 3.63) is 98.2 Å². The molecule has 296 valence electrons. The molecule has 2 fully saturated rings. The first-order valence-electron chi connectivity index (χ1n) is 19.4. The van der Waals surface area contributed by atoms with Gasteiger partial charge in [-0.25, -0.2) is 14.3 Å². The van der Waals surface area contributed by atoms with E-state index in [2.05, 4.69) is 15.5 Å². The number of esters is 1. The highest BCUT2D eigenvalue weighted by atomic mass is 19.1. The zero-order valence-corrected chi connectivity index (χ0v) is 32.6. The lowest BCUT2D eigenvalue weighted by atomic mass is 9.74. The van der Waals surface area contributed by atoms with E-state index < -0.39 is 59.6 Å². The number of nitrogens with zero attached hydrogens (tertiary/aromatic N) is 2. The number of ether oxygens (including phenoxy) is 3. The van der Waals surface area contributed by atoms with Crippen molar-refractivity contribution >= 4 is 23.9 Å². The number of likely N-dealkylation sites (tertiary alicyclic amines) is 1. The van der Waals surface area contributed by atoms with E-state index in [-0.39, 0.29) is 11.7 Å². The van der Waals surface area contributed by atoms with Crippen LogP contribution in [0.1, 0.15) is 130 Å². The first-order chi connectivity index (χ1) is 26.3. The molecule has 13 heteroatoms. The molecule has 12 nitrogen and oxygen atoms in total. The van der Waals surface area contributed by atoms with Crippen molar-refractivity contribution in [1.82, 2.24) is 20.4 Å². The van der Waals surface area contributed by atoms with Crippen LogP contribution in [0.15, 0.2) is 53.3 Å². The van der Waals surface area contributed by atoms with Gasteiger partial charge in [0.25, 0.3) is 11.5 Å². The second-order valence-corrected chi connectivity index (χ2v) is 14.9. The number of carbonyl (C=O) groups is 4. The largest absolute Gasteiger partial charge is 0.511 e. The van der Waals surface area contributed by atoms with Crippen LogP contribution >= 0.6 is 0 Å². The number of aromatic amines is 1. The van der Waals surface area contributed by atoms with Crippen molar-refractivity contribution in [1.29, 1.82) is 0 Å². The van der Waals surface area contributed by atoms with E-state index in [1.54, 1.807) is 55.1 Å². The first kappa shape index (κ1) is 41.1. The van der Waals surface area contributed by atoms with E-state index in [4.69, 9.17) is 14.2 Å². The van der Waals surface area contributed by atoms with Crippen LogP contribution in [-0.4, -0.2) is 63.5 Å². The number of hydrogen-bond donors (Lipinski definition) is 2. The number of carbonyl (C=O) groups excluding carboxylic acids is 4. The maximum Gasteiger partial charge on any atom is 0.511 e. The highest BCUT2D eigenvalue weighted by molar-refractivity contribution is 5.98. The zero-order valence-electron chi connectivity index (χ0n) is 32.6. The number of nitrogens with one attached hydrogen (secondary N) is 2. The van der Waals surface area contributed by atoms with E-state index in [1.807, 2.05) is 20.8 Å². The lowest BCUT2D eigenvalue weighted by Gasteiger charge is -2.43. The summed E-state index contributed by atoms with van der Waals surface area (Å²) in [6.45, 7) is 10.4. The molecule has 1 saturated heterocycles. The van der Waals surface area contributed by atoms with Gasteiger partial charge in [-0.1, -0.05) is 38.5 Å². The Kier molecular flexibility index (Phi) is 13.5. The molecule has 1 aliphatic heterocycles. The fraction of sp³-hybridized carbons (Fsp3) is 0.524. The molecular formula is C42H53FN4O8. The molecule has 3 aromatic rings. The van der Waals surface area contributed by atoms with Gasteiger partial charge in [0.05, 0.1) is 17.2 Å². The van der Waals surface area contributed by atoms with Crippen molar-refractivity contribution in [3.63, 3.8) is 0 Å². The molecule has 1 aromatic heterocycles. The minimum absolute atomic E-state index is 0.229. The summed E-state index contributed by atoms with van der Waals surface area (Å²) in [5.74, 6) is -2.01. The second kappa shape index (κ2) is 18.0. The van der Waals surface area contributed by atoms with Gasteiger partial charge in [-0.2, -0.15) is 5.10 Å². The molecule has 2 heterocycles. The average Bonchev–Trinajstić information content (AvgIpc) is 3.60. The number of rotatable bonds is 13. The molecule has 2 amide bonds. The monoisotopic (exact) mass is 760 g/mol. The molecule has 0 radical (unpaired) electrons. The highest BCUT2D eigenvalue weighted by Crippen LogP contribution is 2.48. The number of hydrogen-bond acceptors (Lipinski definition) is 9. The molecule has 1 unspecified atom stereocenters. The Hall–Kier alpha value is -5.07. The molecule has 4 atom stereocenters. The van der Waals surface area contributed by atoms with Crippen molar-refractivity contribution in [3.8, 4) is 0 Å². The number of amides is 2. The lowest BCUT2D eigenvalue weighted by Crippen LogP contribution is -2.56. The summed E-state index contributed by atoms with van der Waals surface area (Å²) in [7, 11) is 0. The zero-order chi connectivity index (χ0) is 39.9. The number of H-pyrrole nitrogens is 1. The SMILES string of the molecule is CCC(CC)(C(=O)OC(C)OC(=O)OC1CCCCC1)[C@H]1CC[C@@H](c2cccc(F)c2)N1C(=O)[C@@H](C)NC(=O)c1ccc(Cc2cc(C)n[nH]c2=O)c(C)c1. The summed E-state index contributed by atoms with van der Waals surface area (Å²) in [6.07, 6.45) is 3.98. The summed E-state index contributed by atoms with van der Waals surface area (Å²) in [4.78, 5) is 68.8. The molecule has 1 saturated carbocycles. The number of aryl methyl sites for hydroxylation is 2. The summed E-state index contributed by atoms with van der Waals surface area (Å²) in [5.41, 5.74) is 2.30. The van der Waals surface area contributed by atoms with Crippen LogP contribution in [0, 0.1) is 25.1 Å². The van der Waals surface area contributed by atoms with E-state index in [1.165, 1.54) is 19.1 Å². The third-order valence-corrected chi connectivity index (χ3v) is 11.2. The fourth-order valence-electron chi connectivity index (χ4n) is 8.12. The van der Waals surface area contributed by atoms with Gasteiger partial charge in [0, 0.05) is 30.5 Å². The Morgan fingerprint density at radius 3 is 2.35 bits per heavy atom. The van der Waals surface area contributed by atoms with Crippen molar-refractivity contribution in [2.24, 2.45) is 5.41 Å². The van der Waals surface area contributed by atoms with Crippen LogP contribution < -0.4 is 10.9 Å². The minimum atomic E-state index is -1.24. The van der Waals surface area contributed by atoms with Gasteiger partial charge in [0.15, 0.2) is 0 Å². The van der Waals surface area contributed by atoms with Crippen LogP contribution in [0.4, 0.5) is 9.18 Å². The van der Waals surface area contributed by atoms with Gasteiger partial charge in [-0.3, -0.25) is 19.2 Å². The van der Waals surface area contributed by atoms with Crippen LogP contribution in [-0.2, 0) is 30.2 Å². The van der Waals surface area contributed by atoms with E-state index in [9.17, 15) is 28.4 Å². The molecule has 0 spiro atoms. The maximum atomic E-state index is 14.6. The van der Waals surface area contributed by atoms with Gasteiger partial charge in [-0.15, -0.1) is 0 Å². The van der Waals surface area contributed by atoms with Gasteiger partial charge < -0.3 is 24.4 Å². The Morgan fingerprint density at radius 1 is 0.945 bits per heavy atom. The molecule has 0 bridgehead atoms. The smallest absolute Gasteiger partial charge is 0.431 e. The minimum Gasteiger partial charge on any atom is -0.431 e. The summed E-state index contributed by atoms with van der Waals surface area (Å²) in [6, 6.07) is 10.6. The van der Waals surface area contributed by atoms with Crippen molar-refractivity contribution < 1.29 is 37.8 Å². The topological polar surface area (TPSA) is 157 Å². The third-order valence-electron chi connectivity index (χ3n) is 11.2. The molecular weight excluding hydrogens is 707 g/mol. The average molecular weight is 761 g/mol. The predicted molar refractivity (Wildman–Crippen MR) is 203 cm³/mol. The van der Waals surface area contributed by atoms with Crippen molar-refractivity contribution in [2.45, 2.75) is 136 Å². The Bertz CT molecular complexity index is 1920. The van der Waals surface area contributed by atoms with Crippen LogP contribution in [0.2, 0.25) is 0 Å². The van der Waals surface area contributed by atoms with Gasteiger partial charge >= 0.3 is 12.1 Å². The number of benzene rings is 2. The normalized spacial score (nSPS) is 18.6. The standard InChI is InChI=1S/C42H53FN4O8/c1-7-42(8-2,40(51)53-28(6)54-41(52)55-34-15-10-9-11-16-34)36-20-19-35(30-13-12-14-33(43)24-30)47(36)39(50)27(5)44-37(48)31-18-17-29(25(3)21-31)23-32-22-26(4)45-46-38(32)49/h12-14,17-18,21-22,24,27-28,34-36H,7-11,15-16,19-20,23H2,1-6H3,(H,44,48)(H,46,49)/t27-,28?,35+,36-/m1/s1. The first-order valence-corrected chi connectivity index (χ1v) is 19.4. The van der Waals surface area contributed by atoms with Gasteiger partial charge in [0.1, 0.15) is 18.0 Å².